The van der Waals surface area contributed by atoms with Gasteiger partial charge in [0.1, 0.15) is 5.57 Å². The van der Waals surface area contributed by atoms with Crippen molar-refractivity contribution < 1.29 is 31.9 Å². The van der Waals surface area contributed by atoms with Crippen molar-refractivity contribution in [2.75, 3.05) is 17.7 Å². The standard InChI is InChI=1S/C24H18F4N2O3S2/c1-2-33-24(32)14(23(31)13-11-15(25)21(27)22(28)20(13)26)12-30-17-8-4-6-10-19(17)35-34-18-9-5-3-7-16(18)29/h3-12,30H,2,29H2,1H3/b14-12-. The Kier molecular flexibility index (Phi) is 8.83. The summed E-state index contributed by atoms with van der Waals surface area (Å²) < 4.78 is 59.7. The fourth-order valence-electron chi connectivity index (χ4n) is 2.76. The number of halogens is 4. The Morgan fingerprint density at radius 2 is 1.57 bits per heavy atom. The lowest BCUT2D eigenvalue weighted by atomic mass is 10.0. The quantitative estimate of drug-likeness (QED) is 0.0323. The molecule has 35 heavy (non-hydrogen) atoms. The molecule has 0 heterocycles. The second kappa shape index (κ2) is 11.8. The van der Waals surface area contributed by atoms with Crippen molar-refractivity contribution in [1.82, 2.24) is 0 Å². The SMILES string of the molecule is CCOC(=O)/C(=C\Nc1ccccc1SSc1ccccc1N)C(=O)c1cc(F)c(F)c(F)c1F. The molecule has 0 amide bonds. The number of para-hydroxylation sites is 2. The maximum atomic E-state index is 14.2. The van der Waals surface area contributed by atoms with E-state index in [2.05, 4.69) is 5.32 Å². The third kappa shape index (κ3) is 6.17. The van der Waals surface area contributed by atoms with Gasteiger partial charge >= 0.3 is 5.97 Å². The maximum absolute atomic E-state index is 14.2. The first-order valence-corrected chi connectivity index (χ1v) is 12.2. The molecule has 11 heteroatoms. The molecule has 0 aliphatic heterocycles. The number of carbonyl (C=O) groups is 2. The van der Waals surface area contributed by atoms with E-state index in [-0.39, 0.29) is 12.7 Å². The average Bonchev–Trinajstić information content (AvgIpc) is 2.85. The number of ketones is 1. The Labute approximate surface area is 206 Å². The number of nitrogens with one attached hydrogen (secondary N) is 1. The second-order valence-corrected chi connectivity index (χ2v) is 9.01. The number of rotatable bonds is 9. The second-order valence-electron chi connectivity index (χ2n) is 6.80. The van der Waals surface area contributed by atoms with Gasteiger partial charge < -0.3 is 15.8 Å². The van der Waals surface area contributed by atoms with Crippen LogP contribution in [-0.4, -0.2) is 18.4 Å². The van der Waals surface area contributed by atoms with Crippen LogP contribution < -0.4 is 11.1 Å². The zero-order valence-corrected chi connectivity index (χ0v) is 19.7. The van der Waals surface area contributed by atoms with Crippen LogP contribution in [0.5, 0.6) is 0 Å². The summed E-state index contributed by atoms with van der Waals surface area (Å²) in [6.45, 7) is 1.35. The molecule has 0 aliphatic carbocycles. The smallest absolute Gasteiger partial charge is 0.343 e. The van der Waals surface area contributed by atoms with Gasteiger partial charge in [-0.25, -0.2) is 22.4 Å². The predicted molar refractivity (Wildman–Crippen MR) is 128 cm³/mol. The molecular weight excluding hydrogens is 504 g/mol. The van der Waals surface area contributed by atoms with Gasteiger partial charge in [-0.2, -0.15) is 0 Å². The minimum Gasteiger partial charge on any atom is -0.462 e. The summed E-state index contributed by atoms with van der Waals surface area (Å²) in [6, 6.07) is 14.3. The highest BCUT2D eigenvalue weighted by Crippen LogP contribution is 2.42. The average molecular weight is 523 g/mol. The van der Waals surface area contributed by atoms with Crippen LogP contribution in [-0.2, 0) is 9.53 Å². The van der Waals surface area contributed by atoms with Crippen LogP contribution >= 0.6 is 21.6 Å². The predicted octanol–water partition coefficient (Wildman–Crippen LogP) is 6.37. The van der Waals surface area contributed by atoms with E-state index in [9.17, 15) is 27.2 Å². The minimum absolute atomic E-state index is 0.125. The molecule has 0 spiro atoms. The van der Waals surface area contributed by atoms with Crippen LogP contribution in [0.15, 0.2) is 76.2 Å². The number of anilines is 2. The Bertz CT molecular complexity index is 1300. The molecule has 182 valence electrons. The monoisotopic (exact) mass is 522 g/mol. The first-order valence-electron chi connectivity index (χ1n) is 10.0. The number of nitrogen functional groups attached to an aromatic ring is 1. The summed E-state index contributed by atoms with van der Waals surface area (Å²) in [7, 11) is 2.72. The molecule has 0 fully saturated rings. The molecule has 0 saturated carbocycles. The molecule has 0 bridgehead atoms. The van der Waals surface area contributed by atoms with E-state index in [1.807, 2.05) is 12.1 Å². The Hall–Kier alpha value is -3.44. The van der Waals surface area contributed by atoms with Gasteiger partial charge in [-0.1, -0.05) is 45.9 Å². The lowest BCUT2D eigenvalue weighted by Gasteiger charge is -2.12. The number of benzene rings is 3. The number of carbonyl (C=O) groups excluding carboxylic acids is 2. The first-order chi connectivity index (χ1) is 16.7. The zero-order valence-electron chi connectivity index (χ0n) is 18.1. The van der Waals surface area contributed by atoms with Gasteiger partial charge in [0.15, 0.2) is 23.3 Å². The van der Waals surface area contributed by atoms with Gasteiger partial charge in [0, 0.05) is 21.7 Å². The van der Waals surface area contributed by atoms with E-state index in [0.29, 0.717) is 16.3 Å². The van der Waals surface area contributed by atoms with E-state index in [0.717, 1.165) is 11.1 Å². The van der Waals surface area contributed by atoms with Gasteiger partial charge in [-0.05, 0) is 37.3 Å². The summed E-state index contributed by atoms with van der Waals surface area (Å²) >= 11 is 0. The van der Waals surface area contributed by atoms with Gasteiger partial charge in [-0.15, -0.1) is 0 Å². The van der Waals surface area contributed by atoms with E-state index < -0.39 is 46.2 Å². The van der Waals surface area contributed by atoms with Crippen molar-refractivity contribution in [2.24, 2.45) is 0 Å². The van der Waals surface area contributed by atoms with Crippen LogP contribution in [0.2, 0.25) is 0 Å². The largest absolute Gasteiger partial charge is 0.462 e. The number of esters is 1. The lowest BCUT2D eigenvalue weighted by molar-refractivity contribution is -0.138. The number of nitrogens with two attached hydrogens (primary N) is 1. The first kappa shape index (κ1) is 26.2. The molecule has 3 rings (SSSR count). The van der Waals surface area contributed by atoms with Gasteiger partial charge in [0.25, 0.3) is 0 Å². The van der Waals surface area contributed by atoms with Crippen molar-refractivity contribution in [3.05, 3.63) is 95.2 Å². The van der Waals surface area contributed by atoms with Crippen LogP contribution in [0.4, 0.5) is 28.9 Å². The molecule has 0 aliphatic rings. The Morgan fingerprint density at radius 1 is 0.943 bits per heavy atom. The van der Waals surface area contributed by atoms with Gasteiger partial charge in [0.05, 0.1) is 17.9 Å². The summed E-state index contributed by atoms with van der Waals surface area (Å²) in [5.74, 6) is -10.5. The molecule has 3 N–H and O–H groups in total. The third-order valence-corrected chi connectivity index (χ3v) is 6.98. The maximum Gasteiger partial charge on any atom is 0.343 e. The molecule has 0 saturated heterocycles. The highest BCUT2D eigenvalue weighted by Gasteiger charge is 2.28. The molecular formula is C24H18F4N2O3S2. The summed E-state index contributed by atoms with van der Waals surface area (Å²) in [6.07, 6.45) is 0.944. The van der Waals surface area contributed by atoms with Crippen molar-refractivity contribution in [1.29, 1.82) is 0 Å². The molecule has 0 aromatic heterocycles. The van der Waals surface area contributed by atoms with Crippen molar-refractivity contribution >= 4 is 44.7 Å². The van der Waals surface area contributed by atoms with E-state index in [4.69, 9.17) is 10.5 Å². The van der Waals surface area contributed by atoms with E-state index in [1.54, 1.807) is 36.4 Å². The summed E-state index contributed by atoms with van der Waals surface area (Å²) in [4.78, 5) is 26.7. The van der Waals surface area contributed by atoms with Crippen LogP contribution in [0.25, 0.3) is 0 Å². The van der Waals surface area contributed by atoms with Crippen LogP contribution in [0.1, 0.15) is 17.3 Å². The number of hydrogen-bond donors (Lipinski definition) is 2. The van der Waals surface area contributed by atoms with Gasteiger partial charge in [0.2, 0.25) is 5.78 Å². The van der Waals surface area contributed by atoms with Crippen molar-refractivity contribution in [3.63, 3.8) is 0 Å². The molecule has 5 nitrogen and oxygen atoms in total. The zero-order chi connectivity index (χ0) is 25.5. The number of hydrogen-bond acceptors (Lipinski definition) is 7. The molecule has 0 radical (unpaired) electrons. The minimum atomic E-state index is -2.16. The molecule has 3 aromatic carbocycles. The fraction of sp³-hybridized carbons (Fsp3) is 0.0833. The van der Waals surface area contributed by atoms with Crippen LogP contribution in [0.3, 0.4) is 0 Å². The van der Waals surface area contributed by atoms with Crippen LogP contribution in [0, 0.1) is 23.3 Å². The van der Waals surface area contributed by atoms with Gasteiger partial charge in [-0.3, -0.25) is 4.79 Å². The Morgan fingerprint density at radius 3 is 2.26 bits per heavy atom. The number of ether oxygens (including phenoxy) is 1. The number of Topliss-reactive ketones (excluding diaryl/α,β-unsaturated/α-hetero) is 1. The lowest BCUT2D eigenvalue weighted by Crippen LogP contribution is -2.19. The molecule has 0 unspecified atom stereocenters. The summed E-state index contributed by atoms with van der Waals surface area (Å²) in [5.41, 5.74) is 5.12. The van der Waals surface area contributed by atoms with Crippen molar-refractivity contribution in [2.45, 2.75) is 16.7 Å². The normalized spacial score (nSPS) is 11.3. The Balaban J connectivity index is 1.92. The third-order valence-electron chi connectivity index (χ3n) is 4.49. The van der Waals surface area contributed by atoms with E-state index >= 15 is 0 Å². The molecule has 3 aromatic rings. The summed E-state index contributed by atoms with van der Waals surface area (Å²) in [5, 5.41) is 2.78. The van der Waals surface area contributed by atoms with E-state index in [1.165, 1.54) is 28.5 Å². The van der Waals surface area contributed by atoms with Crippen molar-refractivity contribution in [3.8, 4) is 0 Å². The fourth-order valence-corrected chi connectivity index (χ4v) is 5.02. The molecule has 0 atom stereocenters. The topological polar surface area (TPSA) is 81.4 Å². The highest BCUT2D eigenvalue weighted by molar-refractivity contribution is 8.76. The highest BCUT2D eigenvalue weighted by atomic mass is 33.1.